The van der Waals surface area contributed by atoms with Crippen molar-refractivity contribution in [1.29, 1.82) is 0 Å². The van der Waals surface area contributed by atoms with Crippen LogP contribution in [0.3, 0.4) is 0 Å². The van der Waals surface area contributed by atoms with Crippen LogP contribution in [0.5, 0.6) is 11.5 Å². The van der Waals surface area contributed by atoms with Crippen LogP contribution in [0.15, 0.2) is 42.6 Å². The third-order valence-electron chi connectivity index (χ3n) is 3.81. The standard InChI is InChI=1S/C19H19N3O5/c1-12(23)26-11-19(2)8-7-13-10-14(5-6-16(13)27-19)21-18(25)22-17-15(24)4-3-9-20-17/h3-10,24H,11H2,1-2H3,(H2,20,21,22,25). The van der Waals surface area contributed by atoms with Crippen LogP contribution in [0.25, 0.3) is 6.08 Å². The topological polar surface area (TPSA) is 110 Å². The Balaban J connectivity index is 1.67. The number of anilines is 2. The number of nitrogens with zero attached hydrogens (tertiary/aromatic N) is 1. The molecule has 0 bridgehead atoms. The van der Waals surface area contributed by atoms with Crippen LogP contribution in [-0.4, -0.2) is 34.3 Å². The quantitative estimate of drug-likeness (QED) is 0.714. The van der Waals surface area contributed by atoms with Crippen molar-refractivity contribution in [1.82, 2.24) is 4.98 Å². The second-order valence-corrected chi connectivity index (χ2v) is 6.23. The van der Waals surface area contributed by atoms with Crippen LogP contribution < -0.4 is 15.4 Å². The van der Waals surface area contributed by atoms with E-state index >= 15 is 0 Å². The Morgan fingerprint density at radius 1 is 1.30 bits per heavy atom. The van der Waals surface area contributed by atoms with E-state index in [9.17, 15) is 14.7 Å². The van der Waals surface area contributed by atoms with Gasteiger partial charge in [0.15, 0.2) is 17.2 Å². The zero-order chi connectivity index (χ0) is 19.4. The van der Waals surface area contributed by atoms with Crippen LogP contribution in [0, 0.1) is 0 Å². The Hall–Kier alpha value is -3.55. The van der Waals surface area contributed by atoms with Crippen LogP contribution >= 0.6 is 0 Å². The second-order valence-electron chi connectivity index (χ2n) is 6.23. The third kappa shape index (κ3) is 4.55. The molecule has 3 N–H and O–H groups in total. The number of hydrogen-bond donors (Lipinski definition) is 3. The predicted molar refractivity (Wildman–Crippen MR) is 99.7 cm³/mol. The maximum Gasteiger partial charge on any atom is 0.324 e. The molecule has 2 heterocycles. The molecule has 0 saturated carbocycles. The Morgan fingerprint density at radius 3 is 2.85 bits per heavy atom. The number of carbonyl (C=O) groups excluding carboxylic acids is 2. The summed E-state index contributed by atoms with van der Waals surface area (Å²) in [4.78, 5) is 27.0. The first-order valence-electron chi connectivity index (χ1n) is 8.22. The third-order valence-corrected chi connectivity index (χ3v) is 3.81. The molecule has 1 aliphatic heterocycles. The van der Waals surface area contributed by atoms with Gasteiger partial charge in [0.1, 0.15) is 12.4 Å². The summed E-state index contributed by atoms with van der Waals surface area (Å²) in [5.74, 6) is 0.183. The van der Waals surface area contributed by atoms with Gasteiger partial charge in [0.05, 0.1) is 0 Å². The summed E-state index contributed by atoms with van der Waals surface area (Å²) in [6, 6.07) is 7.60. The number of amides is 2. The molecule has 27 heavy (non-hydrogen) atoms. The van der Waals surface area contributed by atoms with Gasteiger partial charge in [0.25, 0.3) is 0 Å². The summed E-state index contributed by atoms with van der Waals surface area (Å²) >= 11 is 0. The molecular formula is C19H19N3O5. The molecule has 1 aromatic heterocycles. The highest BCUT2D eigenvalue weighted by molar-refractivity contribution is 6.00. The number of carbonyl (C=O) groups is 2. The molecule has 1 unspecified atom stereocenters. The fourth-order valence-corrected chi connectivity index (χ4v) is 2.49. The van der Waals surface area contributed by atoms with Gasteiger partial charge in [0.2, 0.25) is 0 Å². The summed E-state index contributed by atoms with van der Waals surface area (Å²) < 4.78 is 10.9. The zero-order valence-electron chi connectivity index (χ0n) is 14.9. The molecule has 0 fully saturated rings. The highest BCUT2D eigenvalue weighted by atomic mass is 16.6. The van der Waals surface area contributed by atoms with Crippen molar-refractivity contribution in [2.24, 2.45) is 0 Å². The van der Waals surface area contributed by atoms with E-state index in [1.54, 1.807) is 30.3 Å². The molecule has 1 atom stereocenters. The lowest BCUT2D eigenvalue weighted by molar-refractivity contribution is -0.145. The summed E-state index contributed by atoms with van der Waals surface area (Å²) in [7, 11) is 0. The van der Waals surface area contributed by atoms with E-state index < -0.39 is 11.6 Å². The lowest BCUT2D eigenvalue weighted by Gasteiger charge is -2.31. The van der Waals surface area contributed by atoms with Gasteiger partial charge in [0, 0.05) is 24.4 Å². The fraction of sp³-hybridized carbons (Fsp3) is 0.211. The molecule has 0 aliphatic carbocycles. The number of benzene rings is 1. The average molecular weight is 369 g/mol. The maximum atomic E-state index is 12.1. The summed E-state index contributed by atoms with van der Waals surface area (Å²) in [5, 5.41) is 14.8. The SMILES string of the molecule is CC(=O)OCC1(C)C=Cc2cc(NC(=O)Nc3ncccc3O)ccc2O1. The smallest absolute Gasteiger partial charge is 0.324 e. The first-order valence-corrected chi connectivity index (χ1v) is 8.22. The summed E-state index contributed by atoms with van der Waals surface area (Å²) in [5.41, 5.74) is 0.564. The van der Waals surface area contributed by atoms with Gasteiger partial charge in [-0.1, -0.05) is 6.08 Å². The molecule has 0 saturated heterocycles. The number of rotatable bonds is 4. The van der Waals surface area contributed by atoms with Gasteiger partial charge >= 0.3 is 12.0 Å². The second kappa shape index (κ2) is 7.36. The lowest BCUT2D eigenvalue weighted by atomic mass is 10.0. The number of hydrogen-bond acceptors (Lipinski definition) is 6. The molecule has 1 aliphatic rings. The minimum Gasteiger partial charge on any atom is -0.504 e. The summed E-state index contributed by atoms with van der Waals surface area (Å²) in [6.45, 7) is 3.26. The monoisotopic (exact) mass is 369 g/mol. The highest BCUT2D eigenvalue weighted by Gasteiger charge is 2.29. The average Bonchev–Trinajstić information content (AvgIpc) is 2.62. The molecule has 8 heteroatoms. The molecule has 1 aromatic carbocycles. The van der Waals surface area contributed by atoms with E-state index in [4.69, 9.17) is 9.47 Å². The zero-order valence-corrected chi connectivity index (χ0v) is 14.9. The Kier molecular flexibility index (Phi) is 4.98. The number of urea groups is 1. The molecule has 3 rings (SSSR count). The molecule has 0 spiro atoms. The number of aromatic nitrogens is 1. The van der Waals surface area contributed by atoms with Gasteiger partial charge in [-0.05, 0) is 43.3 Å². The van der Waals surface area contributed by atoms with Gasteiger partial charge in [-0.15, -0.1) is 0 Å². The van der Waals surface area contributed by atoms with E-state index in [0.29, 0.717) is 11.4 Å². The molecule has 2 aromatic rings. The lowest BCUT2D eigenvalue weighted by Crippen LogP contribution is -2.37. The number of pyridine rings is 1. The molecular weight excluding hydrogens is 350 g/mol. The number of aromatic hydroxyl groups is 1. The van der Waals surface area contributed by atoms with Crippen molar-refractivity contribution in [2.45, 2.75) is 19.4 Å². The Morgan fingerprint density at radius 2 is 2.11 bits per heavy atom. The van der Waals surface area contributed by atoms with Gasteiger partial charge in [-0.3, -0.25) is 10.1 Å². The van der Waals surface area contributed by atoms with Crippen molar-refractivity contribution in [3.05, 3.63) is 48.2 Å². The minimum absolute atomic E-state index is 0.0671. The van der Waals surface area contributed by atoms with Crippen molar-refractivity contribution >= 4 is 29.6 Å². The minimum atomic E-state index is -0.749. The van der Waals surface area contributed by atoms with Crippen molar-refractivity contribution in [3.8, 4) is 11.5 Å². The van der Waals surface area contributed by atoms with Gasteiger partial charge in [-0.25, -0.2) is 9.78 Å². The number of nitrogens with one attached hydrogen (secondary N) is 2. The maximum absolute atomic E-state index is 12.1. The predicted octanol–water partition coefficient (Wildman–Crippen LogP) is 3.16. The van der Waals surface area contributed by atoms with Gasteiger partial charge in [-0.2, -0.15) is 0 Å². The summed E-state index contributed by atoms with van der Waals surface area (Å²) in [6.07, 6.45) is 5.10. The fourth-order valence-electron chi connectivity index (χ4n) is 2.49. The number of ether oxygens (including phenoxy) is 2. The molecule has 140 valence electrons. The Bertz CT molecular complexity index is 912. The van der Waals surface area contributed by atoms with Crippen LogP contribution in [0.1, 0.15) is 19.4 Å². The van der Waals surface area contributed by atoms with Crippen LogP contribution in [0.2, 0.25) is 0 Å². The Labute approximate surface area is 155 Å². The van der Waals surface area contributed by atoms with Crippen molar-refractivity contribution in [3.63, 3.8) is 0 Å². The number of fused-ring (bicyclic) bond motifs is 1. The normalized spacial score (nSPS) is 17.4. The van der Waals surface area contributed by atoms with Crippen LogP contribution in [-0.2, 0) is 9.53 Å². The van der Waals surface area contributed by atoms with Crippen molar-refractivity contribution < 1.29 is 24.2 Å². The van der Waals surface area contributed by atoms with E-state index in [-0.39, 0.29) is 24.1 Å². The molecule has 0 radical (unpaired) electrons. The van der Waals surface area contributed by atoms with E-state index in [1.807, 2.05) is 13.0 Å². The van der Waals surface area contributed by atoms with E-state index in [1.165, 1.54) is 19.2 Å². The van der Waals surface area contributed by atoms with Crippen LogP contribution in [0.4, 0.5) is 16.3 Å². The van der Waals surface area contributed by atoms with Crippen molar-refractivity contribution in [2.75, 3.05) is 17.2 Å². The van der Waals surface area contributed by atoms with Gasteiger partial charge < -0.3 is 19.9 Å². The first kappa shape index (κ1) is 18.2. The van der Waals surface area contributed by atoms with E-state index in [0.717, 1.165) is 5.56 Å². The largest absolute Gasteiger partial charge is 0.504 e. The molecule has 2 amide bonds. The molecule has 8 nitrogen and oxygen atoms in total. The first-order chi connectivity index (χ1) is 12.8. The highest BCUT2D eigenvalue weighted by Crippen LogP contribution is 2.33. The van der Waals surface area contributed by atoms with E-state index in [2.05, 4.69) is 15.6 Å². The number of esters is 1.